The van der Waals surface area contributed by atoms with E-state index in [2.05, 4.69) is 45.1 Å². The van der Waals surface area contributed by atoms with Crippen molar-refractivity contribution in [3.8, 4) is 11.6 Å². The number of methoxy groups -OCH3 is 2. The van der Waals surface area contributed by atoms with Crippen molar-refractivity contribution in [2.24, 2.45) is 0 Å². The van der Waals surface area contributed by atoms with Crippen LogP contribution in [0.3, 0.4) is 0 Å². The summed E-state index contributed by atoms with van der Waals surface area (Å²) >= 11 is 3.59. The monoisotopic (exact) mass is 562 g/mol. The van der Waals surface area contributed by atoms with E-state index < -0.39 is 5.60 Å². The summed E-state index contributed by atoms with van der Waals surface area (Å²) in [7, 11) is 7.38. The number of ether oxygens (including phenoxy) is 2. The molecule has 1 N–H and O–H groups in total. The molecule has 2 atom stereocenters. The van der Waals surface area contributed by atoms with Crippen molar-refractivity contribution in [2.45, 2.75) is 30.8 Å². The van der Waals surface area contributed by atoms with Gasteiger partial charge >= 0.3 is 0 Å². The second-order valence-electron chi connectivity index (χ2n) is 9.77. The van der Waals surface area contributed by atoms with E-state index in [1.165, 1.54) is 5.56 Å². The van der Waals surface area contributed by atoms with Crippen LogP contribution in [0.5, 0.6) is 11.6 Å². The van der Waals surface area contributed by atoms with Crippen LogP contribution in [0.4, 0.5) is 0 Å². The molecule has 1 unspecified atom stereocenters. The summed E-state index contributed by atoms with van der Waals surface area (Å²) < 4.78 is 12.3. The van der Waals surface area contributed by atoms with Crippen LogP contribution >= 0.6 is 15.9 Å². The molecule has 0 aliphatic heterocycles. The standard InChI is InChI=1S/C31H35BrN2O3/c1-34(2)19-18-31(35,17-16-22-8-6-5-7-9-22)29(23-10-13-26(36-3)14-11-23)27-21-24-20-25(32)12-15-28(24)33-30(27)37-4/h5-15,20-21,29,35H,16-19H2,1-4H3/t29-,31?/m1/s1. The molecular formula is C31H35BrN2O3. The second kappa shape index (κ2) is 12.1. The fraction of sp³-hybridized carbons (Fsp3) is 0.323. The first-order valence-corrected chi connectivity index (χ1v) is 13.3. The number of hydrogen-bond donors (Lipinski definition) is 1. The van der Waals surface area contributed by atoms with Crippen LogP contribution in [0.15, 0.2) is 83.3 Å². The largest absolute Gasteiger partial charge is 0.497 e. The van der Waals surface area contributed by atoms with Crippen molar-refractivity contribution < 1.29 is 14.6 Å². The van der Waals surface area contributed by atoms with E-state index in [-0.39, 0.29) is 5.92 Å². The Hall–Kier alpha value is -2.93. The molecule has 0 aliphatic rings. The van der Waals surface area contributed by atoms with Crippen LogP contribution < -0.4 is 9.47 Å². The third-order valence-corrected chi connectivity index (χ3v) is 7.43. The van der Waals surface area contributed by atoms with Gasteiger partial charge < -0.3 is 19.5 Å². The van der Waals surface area contributed by atoms with Gasteiger partial charge in [-0.25, -0.2) is 4.98 Å². The number of pyridine rings is 1. The number of aliphatic hydroxyl groups is 1. The average molecular weight is 564 g/mol. The summed E-state index contributed by atoms with van der Waals surface area (Å²) in [6, 6.07) is 26.4. The Kier molecular flexibility index (Phi) is 8.85. The third-order valence-electron chi connectivity index (χ3n) is 6.94. The maximum atomic E-state index is 12.6. The van der Waals surface area contributed by atoms with Gasteiger partial charge in [0.2, 0.25) is 5.88 Å². The SMILES string of the molecule is COc1ccc([C@H](c2cc3cc(Br)ccc3nc2OC)C(O)(CCc2ccccc2)CCN(C)C)cc1. The Labute approximate surface area is 228 Å². The first-order valence-electron chi connectivity index (χ1n) is 12.5. The lowest BCUT2D eigenvalue weighted by molar-refractivity contribution is 0.000764. The van der Waals surface area contributed by atoms with Gasteiger partial charge in [-0.3, -0.25) is 0 Å². The highest BCUT2D eigenvalue weighted by atomic mass is 79.9. The molecule has 0 amide bonds. The van der Waals surface area contributed by atoms with Crippen molar-refractivity contribution in [3.05, 3.63) is 100 Å². The maximum Gasteiger partial charge on any atom is 0.217 e. The highest BCUT2D eigenvalue weighted by Gasteiger charge is 2.40. The molecule has 0 aliphatic carbocycles. The molecule has 194 valence electrons. The van der Waals surface area contributed by atoms with E-state index in [0.717, 1.165) is 45.2 Å². The number of rotatable bonds is 11. The van der Waals surface area contributed by atoms with E-state index in [1.807, 2.05) is 68.7 Å². The third kappa shape index (κ3) is 6.50. The molecule has 0 saturated heterocycles. The van der Waals surface area contributed by atoms with Gasteiger partial charge in [0.05, 0.1) is 25.3 Å². The number of hydrogen-bond acceptors (Lipinski definition) is 5. The molecule has 0 spiro atoms. The smallest absolute Gasteiger partial charge is 0.217 e. The lowest BCUT2D eigenvalue weighted by Crippen LogP contribution is -2.40. The average Bonchev–Trinajstić information content (AvgIpc) is 2.91. The molecule has 6 heteroatoms. The van der Waals surface area contributed by atoms with Crippen LogP contribution in [-0.4, -0.2) is 55.5 Å². The Morgan fingerprint density at radius 3 is 2.30 bits per heavy atom. The fourth-order valence-electron chi connectivity index (χ4n) is 4.93. The predicted molar refractivity (Wildman–Crippen MR) is 154 cm³/mol. The van der Waals surface area contributed by atoms with Gasteiger partial charge in [0, 0.05) is 27.9 Å². The lowest BCUT2D eigenvalue weighted by Gasteiger charge is -2.38. The zero-order valence-electron chi connectivity index (χ0n) is 21.9. The lowest BCUT2D eigenvalue weighted by atomic mass is 9.72. The van der Waals surface area contributed by atoms with Crippen LogP contribution in [0.25, 0.3) is 10.9 Å². The second-order valence-corrected chi connectivity index (χ2v) is 10.7. The van der Waals surface area contributed by atoms with E-state index in [4.69, 9.17) is 14.5 Å². The van der Waals surface area contributed by atoms with E-state index >= 15 is 0 Å². The van der Waals surface area contributed by atoms with E-state index in [9.17, 15) is 5.11 Å². The van der Waals surface area contributed by atoms with Gasteiger partial charge in [0.15, 0.2) is 0 Å². The first kappa shape index (κ1) is 27.1. The Morgan fingerprint density at radius 2 is 1.65 bits per heavy atom. The van der Waals surface area contributed by atoms with Gasteiger partial charge in [0.1, 0.15) is 5.75 Å². The molecule has 37 heavy (non-hydrogen) atoms. The molecule has 0 saturated carbocycles. The minimum atomic E-state index is -1.07. The number of halogens is 1. The van der Waals surface area contributed by atoms with E-state index in [1.54, 1.807) is 14.2 Å². The predicted octanol–water partition coefficient (Wildman–Crippen LogP) is 6.46. The zero-order chi connectivity index (χ0) is 26.4. The minimum Gasteiger partial charge on any atom is -0.497 e. The normalized spacial score (nSPS) is 13.9. The number of aromatic nitrogens is 1. The maximum absolute atomic E-state index is 12.6. The van der Waals surface area contributed by atoms with E-state index in [0.29, 0.717) is 18.7 Å². The Bertz CT molecular complexity index is 1310. The van der Waals surface area contributed by atoms with Crippen molar-refractivity contribution >= 4 is 26.8 Å². The summed E-state index contributed by atoms with van der Waals surface area (Å²) in [5, 5.41) is 13.6. The minimum absolute atomic E-state index is 0.368. The number of fused-ring (bicyclic) bond motifs is 1. The number of aryl methyl sites for hydroxylation is 1. The molecule has 1 aromatic heterocycles. The van der Waals surface area contributed by atoms with Crippen molar-refractivity contribution in [1.82, 2.24) is 9.88 Å². The molecule has 0 radical (unpaired) electrons. The Balaban J connectivity index is 1.89. The van der Waals surface area contributed by atoms with Gasteiger partial charge in [-0.2, -0.15) is 0 Å². The fourth-order valence-corrected chi connectivity index (χ4v) is 5.31. The van der Waals surface area contributed by atoms with Gasteiger partial charge in [-0.05, 0) is 80.9 Å². The number of nitrogens with zero attached hydrogens (tertiary/aromatic N) is 2. The molecule has 4 aromatic rings. The van der Waals surface area contributed by atoms with Crippen LogP contribution in [-0.2, 0) is 6.42 Å². The molecule has 5 nitrogen and oxygen atoms in total. The molecule has 4 rings (SSSR count). The molecule has 0 fully saturated rings. The summed E-state index contributed by atoms with van der Waals surface area (Å²) in [5.74, 6) is 0.933. The van der Waals surface area contributed by atoms with Crippen LogP contribution in [0.2, 0.25) is 0 Å². The highest BCUT2D eigenvalue weighted by molar-refractivity contribution is 9.10. The summed E-state index contributed by atoms with van der Waals surface area (Å²) in [5.41, 5.74) is 2.84. The van der Waals surface area contributed by atoms with Crippen molar-refractivity contribution in [1.29, 1.82) is 0 Å². The van der Waals surface area contributed by atoms with Crippen molar-refractivity contribution in [3.63, 3.8) is 0 Å². The summed E-state index contributed by atoms with van der Waals surface area (Å²) in [6.07, 6.45) is 1.93. The highest BCUT2D eigenvalue weighted by Crippen LogP contribution is 2.44. The zero-order valence-corrected chi connectivity index (χ0v) is 23.5. The van der Waals surface area contributed by atoms with Crippen LogP contribution in [0, 0.1) is 0 Å². The van der Waals surface area contributed by atoms with Crippen molar-refractivity contribution in [2.75, 3.05) is 34.9 Å². The quantitative estimate of drug-likeness (QED) is 0.227. The van der Waals surface area contributed by atoms with Crippen LogP contribution in [0.1, 0.15) is 35.4 Å². The molecule has 0 bridgehead atoms. The topological polar surface area (TPSA) is 54.8 Å². The van der Waals surface area contributed by atoms with Gasteiger partial charge in [-0.1, -0.05) is 58.4 Å². The molecule has 1 heterocycles. The van der Waals surface area contributed by atoms with Gasteiger partial charge in [0.25, 0.3) is 0 Å². The summed E-state index contributed by atoms with van der Waals surface area (Å²) in [4.78, 5) is 6.97. The first-order chi connectivity index (χ1) is 17.8. The Morgan fingerprint density at radius 1 is 0.919 bits per heavy atom. The number of benzene rings is 3. The molecule has 3 aromatic carbocycles. The summed E-state index contributed by atoms with van der Waals surface area (Å²) in [6.45, 7) is 0.743. The van der Waals surface area contributed by atoms with Gasteiger partial charge in [-0.15, -0.1) is 0 Å². The molecular weight excluding hydrogens is 528 g/mol.